The molecule has 142 valence electrons. The van der Waals surface area contributed by atoms with E-state index in [0.717, 1.165) is 0 Å². The molecule has 0 atom stereocenters. The summed E-state index contributed by atoms with van der Waals surface area (Å²) in [6.07, 6.45) is 5.81. The van der Waals surface area contributed by atoms with Gasteiger partial charge in [0.1, 0.15) is 11.4 Å². The SMILES string of the molecule is O=C(Nc1cn[nH]c1-c1cc(Cl)ccc1OC(F)F)c1cncc2ccnn12. The molecule has 0 saturated heterocycles. The molecule has 3 aromatic heterocycles. The molecule has 0 saturated carbocycles. The predicted molar refractivity (Wildman–Crippen MR) is 96.6 cm³/mol. The van der Waals surface area contributed by atoms with E-state index in [1.54, 1.807) is 12.3 Å². The smallest absolute Gasteiger partial charge is 0.387 e. The number of rotatable bonds is 5. The summed E-state index contributed by atoms with van der Waals surface area (Å²) in [5.74, 6) is -0.627. The van der Waals surface area contributed by atoms with Gasteiger partial charge in [-0.3, -0.25) is 14.9 Å². The van der Waals surface area contributed by atoms with Crippen LogP contribution in [0.15, 0.2) is 49.1 Å². The van der Waals surface area contributed by atoms with Crippen molar-refractivity contribution in [2.75, 3.05) is 5.32 Å². The monoisotopic (exact) mass is 404 g/mol. The van der Waals surface area contributed by atoms with Crippen LogP contribution in [-0.2, 0) is 0 Å². The average molecular weight is 405 g/mol. The molecular weight excluding hydrogens is 394 g/mol. The fourth-order valence-corrected chi connectivity index (χ4v) is 2.85. The largest absolute Gasteiger partial charge is 0.434 e. The molecule has 11 heteroatoms. The molecule has 1 aromatic carbocycles. The van der Waals surface area contributed by atoms with Crippen molar-refractivity contribution in [3.63, 3.8) is 0 Å². The Labute approximate surface area is 161 Å². The van der Waals surface area contributed by atoms with Crippen molar-refractivity contribution in [2.24, 2.45) is 0 Å². The zero-order valence-electron chi connectivity index (χ0n) is 13.9. The van der Waals surface area contributed by atoms with E-state index in [1.165, 1.54) is 41.3 Å². The minimum Gasteiger partial charge on any atom is -0.434 e. The van der Waals surface area contributed by atoms with Crippen molar-refractivity contribution in [1.29, 1.82) is 0 Å². The number of ether oxygens (including phenoxy) is 1. The van der Waals surface area contributed by atoms with Gasteiger partial charge in [0, 0.05) is 10.6 Å². The maximum Gasteiger partial charge on any atom is 0.387 e. The second-order valence-electron chi connectivity index (χ2n) is 5.59. The minimum atomic E-state index is -3.02. The number of hydrogen-bond acceptors (Lipinski definition) is 5. The normalized spacial score (nSPS) is 11.1. The third-order valence-electron chi connectivity index (χ3n) is 3.85. The van der Waals surface area contributed by atoms with Crippen LogP contribution in [0.5, 0.6) is 5.75 Å². The molecule has 0 aliphatic carbocycles. The highest BCUT2D eigenvalue weighted by atomic mass is 35.5. The van der Waals surface area contributed by atoms with Crippen LogP contribution in [0.3, 0.4) is 0 Å². The summed E-state index contributed by atoms with van der Waals surface area (Å²) in [5, 5.41) is 13.6. The molecule has 0 spiro atoms. The van der Waals surface area contributed by atoms with Crippen LogP contribution in [0.4, 0.5) is 14.5 Å². The van der Waals surface area contributed by atoms with Crippen molar-refractivity contribution < 1.29 is 18.3 Å². The second-order valence-corrected chi connectivity index (χ2v) is 6.03. The summed E-state index contributed by atoms with van der Waals surface area (Å²) in [7, 11) is 0. The number of nitrogens with zero attached hydrogens (tertiary/aromatic N) is 4. The van der Waals surface area contributed by atoms with Crippen LogP contribution in [0.1, 0.15) is 10.5 Å². The lowest BCUT2D eigenvalue weighted by atomic mass is 10.1. The number of fused-ring (bicyclic) bond motifs is 1. The van der Waals surface area contributed by atoms with Gasteiger partial charge < -0.3 is 10.1 Å². The van der Waals surface area contributed by atoms with Crippen molar-refractivity contribution in [1.82, 2.24) is 24.8 Å². The van der Waals surface area contributed by atoms with E-state index in [2.05, 4.69) is 30.3 Å². The number of carbonyl (C=O) groups is 1. The summed E-state index contributed by atoms with van der Waals surface area (Å²) in [6, 6.07) is 5.86. The van der Waals surface area contributed by atoms with Gasteiger partial charge in [-0.05, 0) is 24.3 Å². The lowest BCUT2D eigenvalue weighted by Gasteiger charge is -2.12. The van der Waals surface area contributed by atoms with Crippen molar-refractivity contribution >= 4 is 28.7 Å². The van der Waals surface area contributed by atoms with Crippen molar-refractivity contribution in [2.45, 2.75) is 6.61 Å². The number of benzene rings is 1. The molecule has 4 aromatic rings. The first-order chi connectivity index (χ1) is 13.5. The first-order valence-electron chi connectivity index (χ1n) is 7.90. The molecule has 4 rings (SSSR count). The number of nitrogens with one attached hydrogen (secondary N) is 2. The molecule has 0 aliphatic rings. The van der Waals surface area contributed by atoms with Gasteiger partial charge in [-0.2, -0.15) is 19.0 Å². The van der Waals surface area contributed by atoms with E-state index in [9.17, 15) is 13.6 Å². The van der Waals surface area contributed by atoms with Gasteiger partial charge in [0.2, 0.25) is 0 Å². The van der Waals surface area contributed by atoms with E-state index in [0.29, 0.717) is 10.5 Å². The van der Waals surface area contributed by atoms with Crippen LogP contribution in [0.25, 0.3) is 16.8 Å². The summed E-state index contributed by atoms with van der Waals surface area (Å²) in [4.78, 5) is 16.7. The zero-order chi connectivity index (χ0) is 19.7. The zero-order valence-corrected chi connectivity index (χ0v) is 14.7. The topological polar surface area (TPSA) is 97.2 Å². The highest BCUT2D eigenvalue weighted by molar-refractivity contribution is 6.31. The molecule has 0 fully saturated rings. The Morgan fingerprint density at radius 2 is 2.11 bits per heavy atom. The highest BCUT2D eigenvalue weighted by Gasteiger charge is 2.19. The van der Waals surface area contributed by atoms with E-state index in [1.807, 2.05) is 0 Å². The molecule has 0 radical (unpaired) electrons. The molecule has 0 bridgehead atoms. The van der Waals surface area contributed by atoms with Gasteiger partial charge in [-0.15, -0.1) is 0 Å². The maximum absolute atomic E-state index is 12.7. The molecule has 1 amide bonds. The Kier molecular flexibility index (Phi) is 4.62. The second kappa shape index (κ2) is 7.24. The van der Waals surface area contributed by atoms with E-state index >= 15 is 0 Å². The van der Waals surface area contributed by atoms with E-state index in [4.69, 9.17) is 11.6 Å². The van der Waals surface area contributed by atoms with Crippen LogP contribution in [0.2, 0.25) is 5.02 Å². The third kappa shape index (κ3) is 3.37. The summed E-state index contributed by atoms with van der Waals surface area (Å²) < 4.78 is 31.4. The Hall–Kier alpha value is -3.53. The molecular formula is C17H11ClF2N6O2. The molecule has 0 aliphatic heterocycles. The standard InChI is InChI=1S/C17H11ClF2N6O2/c18-9-1-2-14(28-17(19)20)11(5-9)15-12(7-22-25-15)24-16(27)13-8-21-6-10-3-4-23-26(10)13/h1-8,17H,(H,22,25)(H,24,27). The van der Waals surface area contributed by atoms with Gasteiger partial charge in [-0.25, -0.2) is 4.52 Å². The van der Waals surface area contributed by atoms with Gasteiger partial charge in [-0.1, -0.05) is 11.6 Å². The fraction of sp³-hybridized carbons (Fsp3) is 0.0588. The number of hydrogen-bond donors (Lipinski definition) is 2. The molecule has 3 heterocycles. The van der Waals surface area contributed by atoms with Gasteiger partial charge in [0.15, 0.2) is 0 Å². The summed E-state index contributed by atoms with van der Waals surface area (Å²) >= 11 is 5.99. The number of amides is 1. The minimum absolute atomic E-state index is 0.116. The number of H-pyrrole nitrogens is 1. The van der Waals surface area contributed by atoms with Crippen LogP contribution < -0.4 is 10.1 Å². The number of aromatic nitrogens is 5. The fourth-order valence-electron chi connectivity index (χ4n) is 2.68. The molecule has 2 N–H and O–H groups in total. The number of carbonyl (C=O) groups excluding carboxylic acids is 1. The number of alkyl halides is 2. The summed E-state index contributed by atoms with van der Waals surface area (Å²) in [5.41, 5.74) is 1.55. The number of anilines is 1. The van der Waals surface area contributed by atoms with E-state index < -0.39 is 12.5 Å². The van der Waals surface area contributed by atoms with Crippen LogP contribution in [0, 0.1) is 0 Å². The lowest BCUT2D eigenvalue weighted by molar-refractivity contribution is -0.0494. The van der Waals surface area contributed by atoms with Gasteiger partial charge >= 0.3 is 6.61 Å². The van der Waals surface area contributed by atoms with Crippen molar-refractivity contribution in [3.8, 4) is 17.0 Å². The average Bonchev–Trinajstić information content (AvgIpc) is 3.31. The predicted octanol–water partition coefficient (Wildman–Crippen LogP) is 3.63. The quantitative estimate of drug-likeness (QED) is 0.529. The van der Waals surface area contributed by atoms with Crippen LogP contribution >= 0.6 is 11.6 Å². The first-order valence-corrected chi connectivity index (χ1v) is 8.28. The Morgan fingerprint density at radius 3 is 2.93 bits per heavy atom. The Morgan fingerprint density at radius 1 is 1.25 bits per heavy atom. The summed E-state index contributed by atoms with van der Waals surface area (Å²) in [6.45, 7) is -3.02. The number of halogens is 3. The van der Waals surface area contributed by atoms with Gasteiger partial charge in [0.25, 0.3) is 5.91 Å². The van der Waals surface area contributed by atoms with Gasteiger partial charge in [0.05, 0.1) is 41.7 Å². The molecule has 0 unspecified atom stereocenters. The Balaban J connectivity index is 1.70. The molecule has 28 heavy (non-hydrogen) atoms. The third-order valence-corrected chi connectivity index (χ3v) is 4.09. The highest BCUT2D eigenvalue weighted by Crippen LogP contribution is 2.36. The van der Waals surface area contributed by atoms with Crippen LogP contribution in [-0.4, -0.2) is 37.3 Å². The maximum atomic E-state index is 12.7. The first kappa shape index (κ1) is 17.9. The number of aromatic amines is 1. The molecule has 8 nitrogen and oxygen atoms in total. The van der Waals surface area contributed by atoms with Crippen molar-refractivity contribution in [3.05, 3.63) is 59.8 Å². The lowest BCUT2D eigenvalue weighted by Crippen LogP contribution is -2.17. The Bertz CT molecular complexity index is 1160. The van der Waals surface area contributed by atoms with E-state index in [-0.39, 0.29) is 28.4 Å².